The Bertz CT molecular complexity index is 952. The minimum atomic E-state index is -0.816. The van der Waals surface area contributed by atoms with E-state index in [1.54, 1.807) is 23.0 Å². The zero-order valence-electron chi connectivity index (χ0n) is 14.8. The number of nitrogens with zero attached hydrogens (tertiary/aromatic N) is 2. The third-order valence-electron chi connectivity index (χ3n) is 4.00. The Morgan fingerprint density at radius 3 is 2.41 bits per heavy atom. The average molecular weight is 367 g/mol. The van der Waals surface area contributed by atoms with Crippen molar-refractivity contribution in [2.75, 3.05) is 7.11 Å². The summed E-state index contributed by atoms with van der Waals surface area (Å²) in [5.41, 5.74) is 2.00. The van der Waals surface area contributed by atoms with Crippen LogP contribution in [0.15, 0.2) is 60.8 Å². The van der Waals surface area contributed by atoms with E-state index in [0.717, 1.165) is 5.69 Å². The summed E-state index contributed by atoms with van der Waals surface area (Å²) in [6.45, 7) is 1.53. The smallest absolute Gasteiger partial charge is 0.328 e. The minimum absolute atomic E-state index is 0.265. The van der Waals surface area contributed by atoms with Gasteiger partial charge >= 0.3 is 5.97 Å². The van der Waals surface area contributed by atoms with E-state index >= 15 is 0 Å². The first-order valence-corrected chi connectivity index (χ1v) is 8.29. The van der Waals surface area contributed by atoms with Crippen LogP contribution in [0.1, 0.15) is 17.3 Å². The molecule has 0 aliphatic carbocycles. The summed E-state index contributed by atoms with van der Waals surface area (Å²) in [4.78, 5) is 24.3. The van der Waals surface area contributed by atoms with Crippen molar-refractivity contribution in [3.8, 4) is 16.9 Å². The molecule has 7 heteroatoms. The van der Waals surface area contributed by atoms with Crippen LogP contribution >= 0.6 is 0 Å². The van der Waals surface area contributed by atoms with Crippen LogP contribution in [-0.2, 0) is 9.53 Å². The Morgan fingerprint density at radius 1 is 1.11 bits per heavy atom. The Kier molecular flexibility index (Phi) is 5.30. The second-order valence-electron chi connectivity index (χ2n) is 5.90. The maximum absolute atomic E-state index is 13.3. The maximum Gasteiger partial charge on any atom is 0.328 e. The fourth-order valence-electron chi connectivity index (χ4n) is 2.58. The number of para-hydroxylation sites is 1. The fourth-order valence-corrected chi connectivity index (χ4v) is 2.58. The second-order valence-corrected chi connectivity index (χ2v) is 5.90. The highest BCUT2D eigenvalue weighted by molar-refractivity contribution is 6.01. The van der Waals surface area contributed by atoms with Gasteiger partial charge in [0.2, 0.25) is 0 Å². The predicted molar refractivity (Wildman–Crippen MR) is 97.9 cm³/mol. The SMILES string of the molecule is COC(=O)[C@@H](C)NC(=O)c1cn(-c2ccccc2)nc1-c1ccc(F)cc1. The molecule has 0 fully saturated rings. The van der Waals surface area contributed by atoms with E-state index in [1.807, 2.05) is 30.3 Å². The topological polar surface area (TPSA) is 73.2 Å². The molecule has 0 aliphatic rings. The number of nitrogens with one attached hydrogen (secondary N) is 1. The van der Waals surface area contributed by atoms with Gasteiger partial charge in [-0.25, -0.2) is 13.9 Å². The van der Waals surface area contributed by atoms with Crippen LogP contribution in [0.4, 0.5) is 4.39 Å². The second kappa shape index (κ2) is 7.82. The first kappa shape index (κ1) is 18.3. The molecule has 138 valence electrons. The lowest BCUT2D eigenvalue weighted by Crippen LogP contribution is -2.39. The molecule has 1 heterocycles. The number of esters is 1. The highest BCUT2D eigenvalue weighted by atomic mass is 19.1. The van der Waals surface area contributed by atoms with Crippen molar-refractivity contribution in [3.05, 3.63) is 72.2 Å². The van der Waals surface area contributed by atoms with Crippen LogP contribution in [0.5, 0.6) is 0 Å². The summed E-state index contributed by atoms with van der Waals surface area (Å²) in [6, 6.07) is 14.2. The van der Waals surface area contributed by atoms with Crippen LogP contribution in [-0.4, -0.2) is 34.8 Å². The molecular formula is C20H18FN3O3. The number of methoxy groups -OCH3 is 1. The number of carbonyl (C=O) groups is 2. The van der Waals surface area contributed by atoms with Gasteiger partial charge in [-0.1, -0.05) is 18.2 Å². The molecule has 0 saturated carbocycles. The molecular weight excluding hydrogens is 349 g/mol. The molecule has 0 radical (unpaired) electrons. The number of hydrogen-bond acceptors (Lipinski definition) is 4. The first-order chi connectivity index (χ1) is 13.0. The average Bonchev–Trinajstić information content (AvgIpc) is 3.14. The van der Waals surface area contributed by atoms with Crippen molar-refractivity contribution in [1.29, 1.82) is 0 Å². The molecule has 27 heavy (non-hydrogen) atoms. The summed E-state index contributed by atoms with van der Waals surface area (Å²) >= 11 is 0. The van der Waals surface area contributed by atoms with Crippen LogP contribution in [0.2, 0.25) is 0 Å². The molecule has 0 saturated heterocycles. The molecule has 2 aromatic carbocycles. The summed E-state index contributed by atoms with van der Waals surface area (Å²) in [7, 11) is 1.25. The van der Waals surface area contributed by atoms with Crippen LogP contribution < -0.4 is 5.32 Å². The summed E-state index contributed by atoms with van der Waals surface area (Å²) < 4.78 is 19.5. The maximum atomic E-state index is 13.3. The van der Waals surface area contributed by atoms with Crippen LogP contribution in [0.25, 0.3) is 16.9 Å². The molecule has 0 spiro atoms. The van der Waals surface area contributed by atoms with Crippen molar-refractivity contribution in [2.45, 2.75) is 13.0 Å². The van der Waals surface area contributed by atoms with Crippen LogP contribution in [0.3, 0.4) is 0 Å². The summed E-state index contributed by atoms with van der Waals surface area (Å²) in [6.07, 6.45) is 1.58. The third-order valence-corrected chi connectivity index (χ3v) is 4.00. The normalized spacial score (nSPS) is 11.7. The third kappa shape index (κ3) is 4.03. The number of amides is 1. The first-order valence-electron chi connectivity index (χ1n) is 8.29. The largest absolute Gasteiger partial charge is 0.467 e. The lowest BCUT2D eigenvalue weighted by atomic mass is 10.1. The zero-order valence-corrected chi connectivity index (χ0v) is 14.8. The van der Waals surface area contributed by atoms with Gasteiger partial charge in [0.15, 0.2) is 0 Å². The molecule has 0 unspecified atom stereocenters. The molecule has 1 N–H and O–H groups in total. The molecule has 1 amide bonds. The van der Waals surface area contributed by atoms with Crippen molar-refractivity contribution in [2.24, 2.45) is 0 Å². The molecule has 1 aromatic heterocycles. The molecule has 0 aliphatic heterocycles. The number of halogens is 1. The van der Waals surface area contributed by atoms with E-state index in [2.05, 4.69) is 15.2 Å². The molecule has 3 rings (SSSR count). The van der Waals surface area contributed by atoms with E-state index in [1.165, 1.54) is 26.2 Å². The lowest BCUT2D eigenvalue weighted by Gasteiger charge is -2.11. The number of rotatable bonds is 5. The fraction of sp³-hybridized carbons (Fsp3) is 0.150. The lowest BCUT2D eigenvalue weighted by molar-refractivity contribution is -0.142. The van der Waals surface area contributed by atoms with Crippen molar-refractivity contribution in [1.82, 2.24) is 15.1 Å². The molecule has 1 atom stereocenters. The Labute approximate surface area is 155 Å². The van der Waals surface area contributed by atoms with E-state index < -0.39 is 17.9 Å². The van der Waals surface area contributed by atoms with Gasteiger partial charge < -0.3 is 10.1 Å². The standard InChI is InChI=1S/C20H18FN3O3/c1-13(20(26)27-2)22-19(25)17-12-24(16-6-4-3-5-7-16)23-18(17)14-8-10-15(21)11-9-14/h3-13H,1-2H3,(H,22,25)/t13-/m1/s1. The van der Waals surface area contributed by atoms with Gasteiger partial charge in [-0.15, -0.1) is 0 Å². The summed E-state index contributed by atoms with van der Waals surface area (Å²) in [5.74, 6) is -1.41. The summed E-state index contributed by atoms with van der Waals surface area (Å²) in [5, 5.41) is 7.08. The van der Waals surface area contributed by atoms with Crippen molar-refractivity contribution < 1.29 is 18.7 Å². The Hall–Kier alpha value is -3.48. The monoisotopic (exact) mass is 367 g/mol. The van der Waals surface area contributed by atoms with Crippen molar-refractivity contribution in [3.63, 3.8) is 0 Å². The van der Waals surface area contributed by atoms with E-state index in [-0.39, 0.29) is 11.4 Å². The van der Waals surface area contributed by atoms with Crippen molar-refractivity contribution >= 4 is 11.9 Å². The number of benzene rings is 2. The van der Waals surface area contributed by atoms with Gasteiger partial charge in [0.25, 0.3) is 5.91 Å². The van der Waals surface area contributed by atoms with Gasteiger partial charge in [0.1, 0.15) is 17.6 Å². The number of ether oxygens (including phenoxy) is 1. The number of hydrogen-bond donors (Lipinski definition) is 1. The number of aromatic nitrogens is 2. The van der Waals surface area contributed by atoms with Gasteiger partial charge in [-0.05, 0) is 43.3 Å². The molecule has 6 nitrogen and oxygen atoms in total. The highest BCUT2D eigenvalue weighted by Crippen LogP contribution is 2.24. The van der Waals surface area contributed by atoms with Gasteiger partial charge in [0.05, 0.1) is 18.4 Å². The molecule has 0 bridgehead atoms. The van der Waals surface area contributed by atoms with Gasteiger partial charge in [0, 0.05) is 11.8 Å². The number of carbonyl (C=O) groups excluding carboxylic acids is 2. The predicted octanol–water partition coefficient (Wildman–Crippen LogP) is 2.97. The van der Waals surface area contributed by atoms with Gasteiger partial charge in [-0.2, -0.15) is 5.10 Å². The quantitative estimate of drug-likeness (QED) is 0.704. The highest BCUT2D eigenvalue weighted by Gasteiger charge is 2.22. The van der Waals surface area contributed by atoms with E-state index in [9.17, 15) is 14.0 Å². The zero-order chi connectivity index (χ0) is 19.4. The van der Waals surface area contributed by atoms with E-state index in [0.29, 0.717) is 11.3 Å². The minimum Gasteiger partial charge on any atom is -0.467 e. The Morgan fingerprint density at radius 2 is 1.78 bits per heavy atom. The molecule has 3 aromatic rings. The van der Waals surface area contributed by atoms with Crippen LogP contribution in [0, 0.1) is 5.82 Å². The Balaban J connectivity index is 2.02. The van der Waals surface area contributed by atoms with E-state index in [4.69, 9.17) is 0 Å². The van der Waals surface area contributed by atoms with Gasteiger partial charge in [-0.3, -0.25) is 4.79 Å².